The van der Waals surface area contributed by atoms with Crippen molar-refractivity contribution in [2.75, 3.05) is 18.0 Å². The van der Waals surface area contributed by atoms with E-state index in [-0.39, 0.29) is 0 Å². The highest BCUT2D eigenvalue weighted by molar-refractivity contribution is 5.67. The van der Waals surface area contributed by atoms with Crippen LogP contribution in [0.1, 0.15) is 23.6 Å². The van der Waals surface area contributed by atoms with E-state index >= 15 is 0 Å². The van der Waals surface area contributed by atoms with Gasteiger partial charge in [0.1, 0.15) is 0 Å². The van der Waals surface area contributed by atoms with Crippen molar-refractivity contribution in [2.45, 2.75) is 32.9 Å². The van der Waals surface area contributed by atoms with Gasteiger partial charge in [-0.2, -0.15) is 0 Å². The number of aryl methyl sites for hydroxylation is 1. The first-order chi connectivity index (χ1) is 7.27. The molecule has 0 aromatic heterocycles. The highest BCUT2D eigenvalue weighted by Crippen LogP contribution is 2.37. The summed E-state index contributed by atoms with van der Waals surface area (Å²) in [6, 6.07) is 5.24. The Morgan fingerprint density at radius 3 is 3.13 bits per heavy atom. The summed E-state index contributed by atoms with van der Waals surface area (Å²) in [4.78, 5) is 2.58. The Kier molecular flexibility index (Phi) is 1.99. The van der Waals surface area contributed by atoms with Gasteiger partial charge < -0.3 is 10.2 Å². The molecule has 1 atom stereocenters. The van der Waals surface area contributed by atoms with E-state index in [9.17, 15) is 0 Å². The molecule has 0 amide bonds. The Morgan fingerprint density at radius 2 is 2.27 bits per heavy atom. The van der Waals surface area contributed by atoms with Crippen LogP contribution in [0.3, 0.4) is 0 Å². The van der Waals surface area contributed by atoms with E-state index in [0.29, 0.717) is 6.04 Å². The SMILES string of the molecule is Cc1ccc2c3c1CC(C)N3CCNC2. The molecule has 80 valence electrons. The predicted molar refractivity (Wildman–Crippen MR) is 63.4 cm³/mol. The van der Waals surface area contributed by atoms with Crippen molar-refractivity contribution < 1.29 is 0 Å². The Balaban J connectivity index is 2.20. The summed E-state index contributed by atoms with van der Waals surface area (Å²) in [5, 5.41) is 3.49. The zero-order chi connectivity index (χ0) is 10.4. The average Bonchev–Trinajstić information content (AvgIpc) is 2.45. The van der Waals surface area contributed by atoms with Crippen molar-refractivity contribution in [1.82, 2.24) is 5.32 Å². The van der Waals surface area contributed by atoms with Gasteiger partial charge in [-0.3, -0.25) is 0 Å². The summed E-state index contributed by atoms with van der Waals surface area (Å²) in [6.45, 7) is 7.88. The van der Waals surface area contributed by atoms with Crippen LogP contribution < -0.4 is 10.2 Å². The van der Waals surface area contributed by atoms with Gasteiger partial charge in [0.25, 0.3) is 0 Å². The molecule has 0 bridgehead atoms. The molecule has 1 N–H and O–H groups in total. The third-order valence-corrected chi connectivity index (χ3v) is 3.76. The molecule has 1 unspecified atom stereocenters. The number of nitrogens with zero attached hydrogens (tertiary/aromatic N) is 1. The molecule has 0 radical (unpaired) electrons. The van der Waals surface area contributed by atoms with Crippen LogP contribution >= 0.6 is 0 Å². The largest absolute Gasteiger partial charge is 0.367 e. The van der Waals surface area contributed by atoms with Crippen LogP contribution in [0.15, 0.2) is 12.1 Å². The molecule has 3 rings (SSSR count). The third kappa shape index (κ3) is 1.28. The number of hydrogen-bond acceptors (Lipinski definition) is 2. The second-order valence-corrected chi connectivity index (χ2v) is 4.79. The molecule has 2 heterocycles. The van der Waals surface area contributed by atoms with E-state index in [2.05, 4.69) is 36.2 Å². The molecule has 0 saturated carbocycles. The van der Waals surface area contributed by atoms with Crippen LogP contribution in [-0.2, 0) is 13.0 Å². The minimum atomic E-state index is 0.680. The number of nitrogens with one attached hydrogen (secondary N) is 1. The standard InChI is InChI=1S/C13H18N2/c1-9-3-4-11-8-14-5-6-15-10(2)7-12(9)13(11)15/h3-4,10,14H,5-8H2,1-2H3. The van der Waals surface area contributed by atoms with Gasteiger partial charge >= 0.3 is 0 Å². The van der Waals surface area contributed by atoms with Gasteiger partial charge in [-0.1, -0.05) is 12.1 Å². The molecule has 0 aliphatic carbocycles. The number of anilines is 1. The second-order valence-electron chi connectivity index (χ2n) is 4.79. The molecule has 0 saturated heterocycles. The zero-order valence-corrected chi connectivity index (χ0v) is 9.51. The Morgan fingerprint density at radius 1 is 1.40 bits per heavy atom. The van der Waals surface area contributed by atoms with Crippen LogP contribution in [0.25, 0.3) is 0 Å². The van der Waals surface area contributed by atoms with Crippen molar-refractivity contribution in [2.24, 2.45) is 0 Å². The molecule has 15 heavy (non-hydrogen) atoms. The van der Waals surface area contributed by atoms with Crippen molar-refractivity contribution >= 4 is 5.69 Å². The van der Waals surface area contributed by atoms with Crippen LogP contribution in [0, 0.1) is 6.92 Å². The van der Waals surface area contributed by atoms with Crippen LogP contribution in [-0.4, -0.2) is 19.1 Å². The fraction of sp³-hybridized carbons (Fsp3) is 0.538. The van der Waals surface area contributed by atoms with Gasteiger partial charge in [0, 0.05) is 31.4 Å². The topological polar surface area (TPSA) is 15.3 Å². The first-order valence-corrected chi connectivity index (χ1v) is 5.86. The summed E-state index contributed by atoms with van der Waals surface area (Å²) in [7, 11) is 0. The molecular weight excluding hydrogens is 184 g/mol. The molecule has 2 aliphatic heterocycles. The minimum Gasteiger partial charge on any atom is -0.367 e. The van der Waals surface area contributed by atoms with Gasteiger partial charge in [-0.25, -0.2) is 0 Å². The van der Waals surface area contributed by atoms with E-state index < -0.39 is 0 Å². The number of rotatable bonds is 0. The van der Waals surface area contributed by atoms with E-state index in [1.807, 2.05) is 0 Å². The molecular formula is C13H18N2. The Hall–Kier alpha value is -1.02. The first kappa shape index (κ1) is 9.22. The lowest BCUT2D eigenvalue weighted by atomic mass is 10.0. The maximum atomic E-state index is 3.49. The highest BCUT2D eigenvalue weighted by atomic mass is 15.2. The van der Waals surface area contributed by atoms with Gasteiger partial charge in [0.05, 0.1) is 0 Å². The van der Waals surface area contributed by atoms with Gasteiger partial charge in [-0.15, -0.1) is 0 Å². The van der Waals surface area contributed by atoms with Crippen LogP contribution in [0.4, 0.5) is 5.69 Å². The molecule has 0 spiro atoms. The number of hydrogen-bond donors (Lipinski definition) is 1. The molecule has 2 heteroatoms. The average molecular weight is 202 g/mol. The fourth-order valence-corrected chi connectivity index (χ4v) is 2.92. The van der Waals surface area contributed by atoms with Crippen molar-refractivity contribution in [3.05, 3.63) is 28.8 Å². The zero-order valence-electron chi connectivity index (χ0n) is 9.51. The highest BCUT2D eigenvalue weighted by Gasteiger charge is 2.30. The summed E-state index contributed by atoms with van der Waals surface area (Å²) in [5.74, 6) is 0. The molecule has 1 aromatic carbocycles. The van der Waals surface area contributed by atoms with Crippen molar-refractivity contribution in [3.8, 4) is 0 Å². The fourth-order valence-electron chi connectivity index (χ4n) is 2.92. The quantitative estimate of drug-likeness (QED) is 0.690. The van der Waals surface area contributed by atoms with Gasteiger partial charge in [0.2, 0.25) is 0 Å². The summed E-state index contributed by atoms with van der Waals surface area (Å²) < 4.78 is 0. The maximum absolute atomic E-state index is 3.49. The first-order valence-electron chi connectivity index (χ1n) is 5.86. The minimum absolute atomic E-state index is 0.680. The van der Waals surface area contributed by atoms with Gasteiger partial charge in [-0.05, 0) is 37.0 Å². The third-order valence-electron chi connectivity index (χ3n) is 3.76. The van der Waals surface area contributed by atoms with Crippen LogP contribution in [0.5, 0.6) is 0 Å². The van der Waals surface area contributed by atoms with E-state index in [1.165, 1.54) is 23.2 Å². The summed E-state index contributed by atoms with van der Waals surface area (Å²) in [5.41, 5.74) is 6.07. The monoisotopic (exact) mass is 202 g/mol. The molecule has 2 aliphatic rings. The smallest absolute Gasteiger partial charge is 0.0450 e. The van der Waals surface area contributed by atoms with Crippen molar-refractivity contribution in [1.29, 1.82) is 0 Å². The lowest BCUT2D eigenvalue weighted by molar-refractivity contribution is 0.636. The lowest BCUT2D eigenvalue weighted by Crippen LogP contribution is -2.33. The maximum Gasteiger partial charge on any atom is 0.0450 e. The summed E-state index contributed by atoms with van der Waals surface area (Å²) >= 11 is 0. The normalized spacial score (nSPS) is 23.9. The van der Waals surface area contributed by atoms with E-state index in [0.717, 1.165) is 19.6 Å². The van der Waals surface area contributed by atoms with Crippen molar-refractivity contribution in [3.63, 3.8) is 0 Å². The molecule has 2 nitrogen and oxygen atoms in total. The number of benzene rings is 1. The molecule has 0 fully saturated rings. The van der Waals surface area contributed by atoms with Gasteiger partial charge in [0.15, 0.2) is 0 Å². The predicted octanol–water partition coefficient (Wildman–Crippen LogP) is 1.85. The Labute approximate surface area is 91.3 Å². The van der Waals surface area contributed by atoms with E-state index in [1.54, 1.807) is 5.56 Å². The summed E-state index contributed by atoms with van der Waals surface area (Å²) in [6.07, 6.45) is 1.23. The lowest BCUT2D eigenvalue weighted by Gasteiger charge is -2.24. The molecule has 1 aromatic rings. The van der Waals surface area contributed by atoms with Crippen LogP contribution in [0.2, 0.25) is 0 Å². The van der Waals surface area contributed by atoms with E-state index in [4.69, 9.17) is 0 Å². The Bertz CT molecular complexity index is 398. The second kappa shape index (κ2) is 3.24.